The van der Waals surface area contributed by atoms with Crippen LogP contribution in [-0.4, -0.2) is 17.2 Å². The summed E-state index contributed by atoms with van der Waals surface area (Å²) in [5, 5.41) is 14.5. The van der Waals surface area contributed by atoms with Crippen LogP contribution < -0.4 is 5.32 Å². The molecule has 2 rings (SSSR count). The first-order chi connectivity index (χ1) is 9.99. The molecule has 2 heteroatoms. The van der Waals surface area contributed by atoms with Crippen molar-refractivity contribution in [2.24, 2.45) is 0 Å². The van der Waals surface area contributed by atoms with Gasteiger partial charge in [-0.2, -0.15) is 0 Å². The van der Waals surface area contributed by atoms with E-state index in [4.69, 9.17) is 0 Å². The summed E-state index contributed by atoms with van der Waals surface area (Å²) >= 11 is 0. The number of benzene rings is 1. The number of hydrogen-bond acceptors (Lipinski definition) is 2. The van der Waals surface area contributed by atoms with Gasteiger partial charge in [0, 0.05) is 12.1 Å². The molecule has 0 radical (unpaired) electrons. The normalized spacial score (nSPS) is 20.0. The van der Waals surface area contributed by atoms with Gasteiger partial charge < -0.3 is 10.4 Å². The first-order valence-corrected chi connectivity index (χ1v) is 8.51. The summed E-state index contributed by atoms with van der Waals surface area (Å²) in [7, 11) is 0. The Hall–Kier alpha value is -0.860. The van der Waals surface area contributed by atoms with Crippen molar-refractivity contribution in [2.45, 2.75) is 84.4 Å². The van der Waals surface area contributed by atoms with E-state index in [1.807, 2.05) is 0 Å². The molecule has 0 saturated heterocycles. The van der Waals surface area contributed by atoms with Crippen LogP contribution >= 0.6 is 0 Å². The van der Waals surface area contributed by atoms with Crippen LogP contribution in [0.3, 0.4) is 0 Å². The molecule has 0 bridgehead atoms. The Morgan fingerprint density at radius 1 is 1.00 bits per heavy atom. The summed E-state index contributed by atoms with van der Waals surface area (Å²) in [6.07, 6.45) is 7.46. The smallest absolute Gasteiger partial charge is 0.0945 e. The van der Waals surface area contributed by atoms with Gasteiger partial charge in [0.2, 0.25) is 0 Å². The minimum Gasteiger partial charge on any atom is -0.387 e. The first-order valence-electron chi connectivity index (χ1n) is 8.51. The van der Waals surface area contributed by atoms with Gasteiger partial charge in [0.05, 0.1) is 6.10 Å². The Labute approximate surface area is 130 Å². The zero-order valence-electron chi connectivity index (χ0n) is 14.1. The predicted octanol–water partition coefficient (Wildman–Crippen LogP) is 4.35. The molecule has 1 fully saturated rings. The molecule has 1 aliphatic carbocycles. The molecular formula is C19H31NO. The third kappa shape index (κ3) is 4.31. The maximum atomic E-state index is 10.8. The highest BCUT2D eigenvalue weighted by Crippen LogP contribution is 2.27. The number of hydrogen-bond donors (Lipinski definition) is 2. The predicted molar refractivity (Wildman–Crippen MR) is 89.7 cm³/mol. The largest absolute Gasteiger partial charge is 0.387 e. The van der Waals surface area contributed by atoms with Crippen molar-refractivity contribution in [1.82, 2.24) is 5.32 Å². The first kappa shape index (κ1) is 16.5. The summed E-state index contributed by atoms with van der Waals surface area (Å²) in [6, 6.07) is 5.02. The number of aliphatic hydroxyl groups is 1. The molecule has 0 heterocycles. The van der Waals surface area contributed by atoms with Crippen molar-refractivity contribution in [1.29, 1.82) is 0 Å². The lowest BCUT2D eigenvalue weighted by Crippen LogP contribution is -2.40. The van der Waals surface area contributed by atoms with E-state index in [1.54, 1.807) is 0 Å². The van der Waals surface area contributed by atoms with Crippen molar-refractivity contribution in [3.05, 3.63) is 34.4 Å². The van der Waals surface area contributed by atoms with Crippen LogP contribution in [0.1, 0.15) is 73.8 Å². The standard InChI is InChI=1S/C19H31NO/c1-13-11-14(2)18(15(3)12-13)19(21)16(4)20-17-9-7-5-6-8-10-17/h11-12,16-17,19-21H,5-10H2,1-4H3. The van der Waals surface area contributed by atoms with E-state index in [1.165, 1.54) is 55.2 Å². The lowest BCUT2D eigenvalue weighted by Gasteiger charge is -2.28. The fourth-order valence-electron chi connectivity index (χ4n) is 3.82. The van der Waals surface area contributed by atoms with Gasteiger partial charge >= 0.3 is 0 Å². The van der Waals surface area contributed by atoms with Gasteiger partial charge in [0.25, 0.3) is 0 Å². The molecule has 118 valence electrons. The second-order valence-corrected chi connectivity index (χ2v) is 6.90. The molecule has 1 aromatic rings. The fourth-order valence-corrected chi connectivity index (χ4v) is 3.82. The Morgan fingerprint density at radius 2 is 1.52 bits per heavy atom. The molecule has 0 aliphatic heterocycles. The maximum Gasteiger partial charge on any atom is 0.0945 e. The van der Waals surface area contributed by atoms with Crippen LogP contribution in [0.25, 0.3) is 0 Å². The number of aryl methyl sites for hydroxylation is 3. The van der Waals surface area contributed by atoms with E-state index in [9.17, 15) is 5.11 Å². The monoisotopic (exact) mass is 289 g/mol. The van der Waals surface area contributed by atoms with Crippen LogP contribution in [0.15, 0.2) is 12.1 Å². The van der Waals surface area contributed by atoms with Gasteiger partial charge in [0.15, 0.2) is 0 Å². The van der Waals surface area contributed by atoms with Gasteiger partial charge in [-0.25, -0.2) is 0 Å². The average Bonchev–Trinajstić information content (AvgIpc) is 2.66. The minimum atomic E-state index is -0.422. The van der Waals surface area contributed by atoms with E-state index in [0.29, 0.717) is 6.04 Å². The Balaban J connectivity index is 2.06. The summed E-state index contributed by atoms with van der Waals surface area (Å²) in [5.41, 5.74) is 4.78. The molecule has 21 heavy (non-hydrogen) atoms. The molecular weight excluding hydrogens is 258 g/mol. The zero-order chi connectivity index (χ0) is 15.4. The van der Waals surface area contributed by atoms with Crippen LogP contribution in [-0.2, 0) is 0 Å². The van der Waals surface area contributed by atoms with Gasteiger partial charge in [-0.05, 0) is 57.2 Å². The van der Waals surface area contributed by atoms with E-state index in [-0.39, 0.29) is 6.04 Å². The van der Waals surface area contributed by atoms with E-state index >= 15 is 0 Å². The van der Waals surface area contributed by atoms with Crippen molar-refractivity contribution in [3.8, 4) is 0 Å². The highest BCUT2D eigenvalue weighted by Gasteiger charge is 2.23. The minimum absolute atomic E-state index is 0.105. The molecule has 0 spiro atoms. The fraction of sp³-hybridized carbons (Fsp3) is 0.684. The molecule has 1 aromatic carbocycles. The summed E-state index contributed by atoms with van der Waals surface area (Å²) in [6.45, 7) is 8.45. The lowest BCUT2D eigenvalue weighted by molar-refractivity contribution is 0.126. The van der Waals surface area contributed by atoms with Gasteiger partial charge in [-0.3, -0.25) is 0 Å². The van der Waals surface area contributed by atoms with E-state index in [0.717, 1.165) is 5.56 Å². The Morgan fingerprint density at radius 3 is 2.05 bits per heavy atom. The van der Waals surface area contributed by atoms with Crippen LogP contribution in [0, 0.1) is 20.8 Å². The Bertz CT molecular complexity index is 438. The third-order valence-electron chi connectivity index (χ3n) is 4.86. The average molecular weight is 289 g/mol. The molecule has 2 nitrogen and oxygen atoms in total. The third-order valence-corrected chi connectivity index (χ3v) is 4.86. The summed E-state index contributed by atoms with van der Waals surface area (Å²) in [5.74, 6) is 0. The molecule has 1 saturated carbocycles. The molecule has 0 aromatic heterocycles. The molecule has 2 atom stereocenters. The zero-order valence-corrected chi connectivity index (χ0v) is 14.1. The highest BCUT2D eigenvalue weighted by atomic mass is 16.3. The van der Waals surface area contributed by atoms with Crippen molar-refractivity contribution < 1.29 is 5.11 Å². The second-order valence-electron chi connectivity index (χ2n) is 6.90. The number of rotatable bonds is 4. The molecule has 1 aliphatic rings. The van der Waals surface area contributed by atoms with E-state index in [2.05, 4.69) is 45.1 Å². The van der Waals surface area contributed by atoms with Gasteiger partial charge in [-0.1, -0.05) is 43.4 Å². The van der Waals surface area contributed by atoms with Crippen molar-refractivity contribution in [2.75, 3.05) is 0 Å². The van der Waals surface area contributed by atoms with Crippen molar-refractivity contribution in [3.63, 3.8) is 0 Å². The lowest BCUT2D eigenvalue weighted by atomic mass is 9.92. The number of aliphatic hydroxyl groups excluding tert-OH is 1. The van der Waals surface area contributed by atoms with Crippen LogP contribution in [0.5, 0.6) is 0 Å². The van der Waals surface area contributed by atoms with Crippen molar-refractivity contribution >= 4 is 0 Å². The second kappa shape index (κ2) is 7.42. The van der Waals surface area contributed by atoms with E-state index < -0.39 is 6.10 Å². The number of nitrogens with one attached hydrogen (secondary N) is 1. The van der Waals surface area contributed by atoms with Crippen LogP contribution in [0.4, 0.5) is 0 Å². The summed E-state index contributed by atoms with van der Waals surface area (Å²) < 4.78 is 0. The molecule has 0 amide bonds. The topological polar surface area (TPSA) is 32.3 Å². The maximum absolute atomic E-state index is 10.8. The quantitative estimate of drug-likeness (QED) is 0.808. The van der Waals surface area contributed by atoms with Gasteiger partial charge in [-0.15, -0.1) is 0 Å². The Kier molecular flexibility index (Phi) is 5.83. The van der Waals surface area contributed by atoms with Gasteiger partial charge in [0.1, 0.15) is 0 Å². The molecule has 2 N–H and O–H groups in total. The SMILES string of the molecule is Cc1cc(C)c(C(O)C(C)NC2CCCCCC2)c(C)c1. The van der Waals surface area contributed by atoms with Crippen LogP contribution in [0.2, 0.25) is 0 Å². The highest BCUT2D eigenvalue weighted by molar-refractivity contribution is 5.39. The molecule has 2 unspecified atom stereocenters. The summed E-state index contributed by atoms with van der Waals surface area (Å²) in [4.78, 5) is 0.